The second-order valence-electron chi connectivity index (χ2n) is 6.92. The molecule has 1 saturated heterocycles. The van der Waals surface area contributed by atoms with Gasteiger partial charge in [0.15, 0.2) is 5.52 Å². The quantitative estimate of drug-likeness (QED) is 0.730. The molecule has 3 heterocycles. The number of hydrogen-bond donors (Lipinski definition) is 0. The molecule has 4 rings (SSSR count). The summed E-state index contributed by atoms with van der Waals surface area (Å²) in [4.78, 5) is 19.3. The van der Waals surface area contributed by atoms with Crippen molar-refractivity contribution in [2.45, 2.75) is 25.8 Å². The Hall–Kier alpha value is -2.47. The molecule has 1 fully saturated rings. The molecule has 0 aliphatic carbocycles. The highest BCUT2D eigenvalue weighted by Crippen LogP contribution is 2.29. The topological polar surface area (TPSA) is 56.0 Å². The van der Waals surface area contributed by atoms with Crippen molar-refractivity contribution in [3.05, 3.63) is 58.3 Å². The van der Waals surface area contributed by atoms with Crippen molar-refractivity contribution in [3.8, 4) is 0 Å². The summed E-state index contributed by atoms with van der Waals surface area (Å²) < 4.78 is 3.31. The van der Waals surface area contributed by atoms with E-state index in [9.17, 15) is 4.79 Å². The molecule has 0 unspecified atom stereocenters. The third-order valence-corrected chi connectivity index (χ3v) is 5.17. The van der Waals surface area contributed by atoms with E-state index in [0.717, 1.165) is 19.6 Å². The molecule has 3 aromatic rings. The van der Waals surface area contributed by atoms with Crippen LogP contribution in [-0.4, -0.2) is 43.9 Å². The first-order chi connectivity index (χ1) is 12.1. The predicted octanol–water partition coefficient (Wildman–Crippen LogP) is 1.93. The molecule has 1 aliphatic rings. The predicted molar refractivity (Wildman–Crippen MR) is 97.7 cm³/mol. The molecule has 1 aliphatic heterocycles. The van der Waals surface area contributed by atoms with Crippen LogP contribution in [0.2, 0.25) is 0 Å². The van der Waals surface area contributed by atoms with Gasteiger partial charge < -0.3 is 4.90 Å². The number of fused-ring (bicyclic) bond motifs is 1. The second-order valence-corrected chi connectivity index (χ2v) is 6.92. The van der Waals surface area contributed by atoms with E-state index in [4.69, 9.17) is 0 Å². The van der Waals surface area contributed by atoms with Gasteiger partial charge in [0.1, 0.15) is 5.52 Å². The number of benzene rings is 1. The van der Waals surface area contributed by atoms with Crippen molar-refractivity contribution >= 4 is 11.0 Å². The molecule has 130 valence electrons. The van der Waals surface area contributed by atoms with Crippen LogP contribution in [0.15, 0.2) is 41.6 Å². The highest BCUT2D eigenvalue weighted by Gasteiger charge is 2.24. The molecule has 0 radical (unpaired) electrons. The summed E-state index contributed by atoms with van der Waals surface area (Å²) in [6, 6.07) is 8.65. The first-order valence-corrected chi connectivity index (χ1v) is 8.78. The smallest absolute Gasteiger partial charge is 0.281 e. The van der Waals surface area contributed by atoms with Gasteiger partial charge in [-0.15, -0.1) is 0 Å². The zero-order valence-corrected chi connectivity index (χ0v) is 14.7. The third-order valence-electron chi connectivity index (χ3n) is 5.17. The third kappa shape index (κ3) is 3.09. The van der Waals surface area contributed by atoms with Crippen LogP contribution in [0.1, 0.15) is 23.5 Å². The van der Waals surface area contributed by atoms with Gasteiger partial charge in [0.2, 0.25) is 0 Å². The fraction of sp³-hybridized carbons (Fsp3) is 0.421. The van der Waals surface area contributed by atoms with Crippen LogP contribution in [0.3, 0.4) is 0 Å². The van der Waals surface area contributed by atoms with E-state index in [1.165, 1.54) is 17.5 Å². The molecule has 0 amide bonds. The van der Waals surface area contributed by atoms with Gasteiger partial charge in [0, 0.05) is 26.7 Å². The van der Waals surface area contributed by atoms with E-state index in [0.29, 0.717) is 23.5 Å². The zero-order chi connectivity index (χ0) is 17.4. The van der Waals surface area contributed by atoms with E-state index in [-0.39, 0.29) is 5.56 Å². The van der Waals surface area contributed by atoms with Gasteiger partial charge in [-0.05, 0) is 36.9 Å². The van der Waals surface area contributed by atoms with Crippen molar-refractivity contribution < 1.29 is 0 Å². The SMILES string of the molecule is Cc1ccccc1[C@H]1CCN(CCn2cnc3cn(C)nc3c2=O)C1. The number of aromatic nitrogens is 4. The Kier molecular flexibility index (Phi) is 4.13. The van der Waals surface area contributed by atoms with Gasteiger partial charge in [0.25, 0.3) is 5.56 Å². The van der Waals surface area contributed by atoms with Crippen LogP contribution in [0.4, 0.5) is 0 Å². The second kappa shape index (κ2) is 6.44. The molecular weight excluding hydrogens is 314 g/mol. The molecule has 1 atom stereocenters. The van der Waals surface area contributed by atoms with E-state index in [1.54, 1.807) is 28.8 Å². The normalized spacial score (nSPS) is 18.2. The fourth-order valence-electron chi connectivity index (χ4n) is 3.79. The zero-order valence-electron chi connectivity index (χ0n) is 14.7. The molecule has 0 saturated carbocycles. The van der Waals surface area contributed by atoms with Gasteiger partial charge in [-0.3, -0.25) is 14.0 Å². The average molecular weight is 337 g/mol. The minimum atomic E-state index is -0.0553. The van der Waals surface area contributed by atoms with Crippen LogP contribution in [0.5, 0.6) is 0 Å². The van der Waals surface area contributed by atoms with E-state index in [2.05, 4.69) is 46.2 Å². The van der Waals surface area contributed by atoms with Crippen molar-refractivity contribution in [1.29, 1.82) is 0 Å². The lowest BCUT2D eigenvalue weighted by Gasteiger charge is -2.17. The lowest BCUT2D eigenvalue weighted by molar-refractivity contribution is 0.316. The van der Waals surface area contributed by atoms with Crippen LogP contribution in [-0.2, 0) is 13.6 Å². The summed E-state index contributed by atoms with van der Waals surface area (Å²) in [7, 11) is 1.81. The van der Waals surface area contributed by atoms with Gasteiger partial charge in [-0.25, -0.2) is 4.98 Å². The Labute approximate surface area is 146 Å². The van der Waals surface area contributed by atoms with Crippen LogP contribution < -0.4 is 5.56 Å². The molecule has 0 bridgehead atoms. The number of hydrogen-bond acceptors (Lipinski definition) is 4. The molecule has 0 spiro atoms. The largest absolute Gasteiger partial charge is 0.301 e. The lowest BCUT2D eigenvalue weighted by Crippen LogP contribution is -2.30. The van der Waals surface area contributed by atoms with Crippen molar-refractivity contribution in [1.82, 2.24) is 24.2 Å². The number of rotatable bonds is 4. The van der Waals surface area contributed by atoms with Crippen molar-refractivity contribution in [3.63, 3.8) is 0 Å². The van der Waals surface area contributed by atoms with Crippen molar-refractivity contribution in [2.24, 2.45) is 7.05 Å². The Morgan fingerprint density at radius 1 is 1.24 bits per heavy atom. The summed E-state index contributed by atoms with van der Waals surface area (Å²) in [5.74, 6) is 0.592. The van der Waals surface area contributed by atoms with Crippen LogP contribution in [0.25, 0.3) is 11.0 Å². The summed E-state index contributed by atoms with van der Waals surface area (Å²) in [6.07, 6.45) is 4.59. The van der Waals surface area contributed by atoms with Crippen molar-refractivity contribution in [2.75, 3.05) is 19.6 Å². The minimum absolute atomic E-state index is 0.0553. The Balaban J connectivity index is 1.43. The lowest BCUT2D eigenvalue weighted by atomic mass is 9.94. The highest BCUT2D eigenvalue weighted by atomic mass is 16.1. The summed E-state index contributed by atoms with van der Waals surface area (Å²) >= 11 is 0. The monoisotopic (exact) mass is 337 g/mol. The molecule has 6 nitrogen and oxygen atoms in total. The molecule has 0 N–H and O–H groups in total. The molecule has 1 aromatic carbocycles. The molecular formula is C19H23N5O. The Morgan fingerprint density at radius 3 is 2.92 bits per heavy atom. The molecule has 6 heteroatoms. The van der Waals surface area contributed by atoms with Gasteiger partial charge >= 0.3 is 0 Å². The Bertz CT molecular complexity index is 958. The van der Waals surface area contributed by atoms with E-state index >= 15 is 0 Å². The van der Waals surface area contributed by atoms with Gasteiger partial charge in [-0.2, -0.15) is 5.10 Å². The first-order valence-electron chi connectivity index (χ1n) is 8.78. The minimum Gasteiger partial charge on any atom is -0.301 e. The maximum atomic E-state index is 12.5. The summed E-state index contributed by atoms with van der Waals surface area (Å²) in [5, 5.41) is 4.22. The maximum absolute atomic E-state index is 12.5. The fourth-order valence-corrected chi connectivity index (χ4v) is 3.79. The first kappa shape index (κ1) is 16.0. The summed E-state index contributed by atoms with van der Waals surface area (Å²) in [6.45, 7) is 5.83. The number of nitrogens with zero attached hydrogens (tertiary/aromatic N) is 5. The molecule has 2 aromatic heterocycles. The summed E-state index contributed by atoms with van der Waals surface area (Å²) in [5.41, 5.74) is 3.88. The van der Waals surface area contributed by atoms with Gasteiger partial charge in [0.05, 0.1) is 12.5 Å². The van der Waals surface area contributed by atoms with E-state index < -0.39 is 0 Å². The van der Waals surface area contributed by atoms with Gasteiger partial charge in [-0.1, -0.05) is 24.3 Å². The highest BCUT2D eigenvalue weighted by molar-refractivity contribution is 5.71. The van der Waals surface area contributed by atoms with E-state index in [1.807, 2.05) is 0 Å². The Morgan fingerprint density at radius 2 is 2.08 bits per heavy atom. The molecule has 25 heavy (non-hydrogen) atoms. The standard InChI is InChI=1S/C19H23N5O/c1-14-5-3-4-6-16(14)15-7-8-23(11-15)9-10-24-13-20-17-12-22(2)21-18(17)19(24)25/h3-6,12-13,15H,7-11H2,1-2H3/t15-/m0/s1. The maximum Gasteiger partial charge on any atom is 0.281 e. The number of aryl methyl sites for hydroxylation is 2. The average Bonchev–Trinajstić information content (AvgIpc) is 3.21. The van der Waals surface area contributed by atoms with Crippen LogP contribution in [0, 0.1) is 6.92 Å². The van der Waals surface area contributed by atoms with Crippen LogP contribution >= 0.6 is 0 Å². The number of likely N-dealkylation sites (tertiary alicyclic amines) is 1.